The highest BCUT2D eigenvalue weighted by molar-refractivity contribution is 5.76. The first kappa shape index (κ1) is 11.6. The molecule has 90 valence electrons. The van der Waals surface area contributed by atoms with Crippen molar-refractivity contribution in [3.63, 3.8) is 0 Å². The fourth-order valence-electron chi connectivity index (χ4n) is 1.62. The van der Waals surface area contributed by atoms with Crippen LogP contribution in [-0.2, 0) is 6.18 Å². The van der Waals surface area contributed by atoms with Gasteiger partial charge in [0, 0.05) is 11.3 Å². The molecule has 0 spiro atoms. The summed E-state index contributed by atoms with van der Waals surface area (Å²) in [4.78, 5) is 0. The minimum Gasteiger partial charge on any atom is -0.398 e. The Kier molecular flexibility index (Phi) is 2.87. The van der Waals surface area contributed by atoms with Crippen molar-refractivity contribution in [3.8, 4) is 0 Å². The highest BCUT2D eigenvalue weighted by Crippen LogP contribution is 2.34. The lowest BCUT2D eigenvalue weighted by molar-refractivity contribution is -0.137. The fraction of sp³-hybridized carbons (Fsp3) is 0.273. The Morgan fingerprint density at radius 2 is 2.00 bits per heavy atom. The number of nitrogens with zero attached hydrogens (tertiary/aromatic N) is 2. The van der Waals surface area contributed by atoms with Gasteiger partial charge in [0.05, 0.1) is 18.3 Å². The lowest BCUT2D eigenvalue weighted by atomic mass is 9.99. The van der Waals surface area contributed by atoms with Crippen molar-refractivity contribution in [1.29, 1.82) is 0 Å². The summed E-state index contributed by atoms with van der Waals surface area (Å²) >= 11 is 0. The molecule has 1 aromatic rings. The maximum absolute atomic E-state index is 12.6. The number of hydrogen-bond acceptors (Lipinski definition) is 3. The number of anilines is 1. The Labute approximate surface area is 95.8 Å². The molecule has 1 aliphatic heterocycles. The van der Waals surface area contributed by atoms with E-state index >= 15 is 0 Å². The number of benzene rings is 1. The molecule has 0 aromatic heterocycles. The maximum Gasteiger partial charge on any atom is 0.416 e. The number of nitrogens with two attached hydrogens (primary N) is 1. The first-order valence-electron chi connectivity index (χ1n) is 5.01. The van der Waals surface area contributed by atoms with Gasteiger partial charge in [-0.1, -0.05) is 0 Å². The monoisotopic (exact) mass is 241 g/mol. The van der Waals surface area contributed by atoms with Crippen LogP contribution in [0.5, 0.6) is 0 Å². The first-order chi connectivity index (χ1) is 7.98. The molecule has 1 heterocycles. The van der Waals surface area contributed by atoms with Gasteiger partial charge in [-0.15, -0.1) is 0 Å². The second-order valence-corrected chi connectivity index (χ2v) is 3.68. The van der Waals surface area contributed by atoms with Crippen LogP contribution in [0.3, 0.4) is 0 Å². The van der Waals surface area contributed by atoms with Crippen molar-refractivity contribution in [2.45, 2.75) is 12.6 Å². The minimum absolute atomic E-state index is 0.321. The van der Waals surface area contributed by atoms with E-state index in [0.717, 1.165) is 12.1 Å². The lowest BCUT2D eigenvalue weighted by Gasteiger charge is -2.14. The van der Waals surface area contributed by atoms with E-state index in [4.69, 9.17) is 5.73 Å². The molecule has 0 amide bonds. The van der Waals surface area contributed by atoms with Gasteiger partial charge in [0.1, 0.15) is 0 Å². The molecule has 2 rings (SSSR count). The van der Waals surface area contributed by atoms with Gasteiger partial charge >= 0.3 is 6.18 Å². The molecule has 0 fully saturated rings. The average molecular weight is 241 g/mol. The maximum atomic E-state index is 12.6. The molecule has 1 aromatic carbocycles. The summed E-state index contributed by atoms with van der Waals surface area (Å²) in [5.41, 5.74) is 6.37. The van der Waals surface area contributed by atoms with Crippen molar-refractivity contribution in [3.05, 3.63) is 35.5 Å². The molecule has 6 heteroatoms. The predicted octanol–water partition coefficient (Wildman–Crippen LogP) is 3.48. The van der Waals surface area contributed by atoms with E-state index in [1.54, 1.807) is 0 Å². The molecule has 0 radical (unpaired) electrons. The summed E-state index contributed by atoms with van der Waals surface area (Å²) in [6.07, 6.45) is -2.36. The van der Waals surface area contributed by atoms with Gasteiger partial charge < -0.3 is 5.73 Å². The van der Waals surface area contributed by atoms with Crippen LogP contribution >= 0.6 is 0 Å². The zero-order chi connectivity index (χ0) is 12.5. The van der Waals surface area contributed by atoms with Crippen molar-refractivity contribution in [1.82, 2.24) is 0 Å². The zero-order valence-electron chi connectivity index (χ0n) is 8.83. The molecule has 17 heavy (non-hydrogen) atoms. The van der Waals surface area contributed by atoms with Gasteiger partial charge in [-0.05, 0) is 30.2 Å². The third kappa shape index (κ3) is 2.46. The van der Waals surface area contributed by atoms with Crippen LogP contribution in [0.2, 0.25) is 0 Å². The molecule has 0 saturated carbocycles. The Bertz CT molecular complexity index is 489. The molecule has 0 aliphatic carbocycles. The summed E-state index contributed by atoms with van der Waals surface area (Å²) < 4.78 is 37.7. The minimum atomic E-state index is -4.36. The lowest BCUT2D eigenvalue weighted by Crippen LogP contribution is -2.07. The molecule has 1 aliphatic rings. The third-order valence-electron chi connectivity index (χ3n) is 2.50. The van der Waals surface area contributed by atoms with Crippen molar-refractivity contribution in [2.24, 2.45) is 10.2 Å². The van der Waals surface area contributed by atoms with E-state index < -0.39 is 11.7 Å². The molecule has 0 unspecified atom stereocenters. The Hall–Kier alpha value is -1.85. The molecule has 0 saturated heterocycles. The van der Waals surface area contributed by atoms with Crippen LogP contribution in [0.15, 0.2) is 34.6 Å². The molecule has 0 atom stereocenters. The number of rotatable bonds is 1. The smallest absolute Gasteiger partial charge is 0.398 e. The fourth-order valence-corrected chi connectivity index (χ4v) is 1.62. The second-order valence-electron chi connectivity index (χ2n) is 3.68. The van der Waals surface area contributed by atoms with Crippen LogP contribution in [0.1, 0.15) is 17.5 Å². The zero-order valence-corrected chi connectivity index (χ0v) is 8.83. The van der Waals surface area contributed by atoms with E-state index in [9.17, 15) is 13.2 Å². The second kappa shape index (κ2) is 4.20. The number of hydrogen-bond donors (Lipinski definition) is 1. The Morgan fingerprint density at radius 3 is 2.59 bits per heavy atom. The summed E-state index contributed by atoms with van der Waals surface area (Å²) in [5.74, 6) is 0. The largest absolute Gasteiger partial charge is 0.416 e. The first-order valence-corrected chi connectivity index (χ1v) is 5.01. The standard InChI is InChI=1S/C11H10F3N3/c12-11(13,14)8-1-2-10(15)9(5-8)7-3-4-16-17-6-7/h1-2,5-6H,3-4,15H2. The van der Waals surface area contributed by atoms with Gasteiger partial charge in [0.15, 0.2) is 0 Å². The molecule has 3 nitrogen and oxygen atoms in total. The number of alkyl halides is 3. The topological polar surface area (TPSA) is 50.7 Å². The van der Waals surface area contributed by atoms with Gasteiger partial charge in [-0.2, -0.15) is 23.4 Å². The molecular formula is C11H10F3N3. The van der Waals surface area contributed by atoms with Crippen LogP contribution in [0.25, 0.3) is 5.57 Å². The SMILES string of the molecule is Nc1ccc(C(F)(F)F)cc1C1=CN=NCC1. The highest BCUT2D eigenvalue weighted by Gasteiger charge is 2.31. The van der Waals surface area contributed by atoms with Crippen LogP contribution in [0, 0.1) is 0 Å². The van der Waals surface area contributed by atoms with E-state index in [1.165, 1.54) is 12.3 Å². The molecular weight excluding hydrogens is 231 g/mol. The number of nitrogen functional groups attached to an aromatic ring is 1. The van der Waals surface area contributed by atoms with E-state index in [2.05, 4.69) is 10.2 Å². The van der Waals surface area contributed by atoms with E-state index in [0.29, 0.717) is 29.8 Å². The van der Waals surface area contributed by atoms with Gasteiger partial charge in [0.25, 0.3) is 0 Å². The number of azo groups is 1. The van der Waals surface area contributed by atoms with Crippen molar-refractivity contribution in [2.75, 3.05) is 12.3 Å². The van der Waals surface area contributed by atoms with Crippen LogP contribution in [0.4, 0.5) is 18.9 Å². The normalized spacial score (nSPS) is 15.8. The van der Waals surface area contributed by atoms with Gasteiger partial charge in [-0.3, -0.25) is 0 Å². The van der Waals surface area contributed by atoms with Gasteiger partial charge in [-0.25, -0.2) is 0 Å². The van der Waals surface area contributed by atoms with E-state index in [-0.39, 0.29) is 0 Å². The average Bonchev–Trinajstić information content (AvgIpc) is 2.29. The van der Waals surface area contributed by atoms with Gasteiger partial charge in [0.2, 0.25) is 0 Å². The molecule has 0 bridgehead atoms. The Balaban J connectivity index is 2.46. The number of halogens is 3. The predicted molar refractivity (Wildman–Crippen MR) is 58.2 cm³/mol. The van der Waals surface area contributed by atoms with Crippen molar-refractivity contribution < 1.29 is 13.2 Å². The van der Waals surface area contributed by atoms with E-state index in [1.807, 2.05) is 0 Å². The summed E-state index contributed by atoms with van der Waals surface area (Å²) in [6, 6.07) is 3.30. The summed E-state index contributed by atoms with van der Waals surface area (Å²) in [5, 5.41) is 7.43. The Morgan fingerprint density at radius 1 is 1.24 bits per heavy atom. The summed E-state index contributed by atoms with van der Waals surface area (Å²) in [7, 11) is 0. The highest BCUT2D eigenvalue weighted by atomic mass is 19.4. The van der Waals surface area contributed by atoms with Crippen LogP contribution in [-0.4, -0.2) is 6.54 Å². The van der Waals surface area contributed by atoms with Crippen LogP contribution < -0.4 is 5.73 Å². The molecule has 2 N–H and O–H groups in total. The van der Waals surface area contributed by atoms with Crippen molar-refractivity contribution >= 4 is 11.3 Å². The quantitative estimate of drug-likeness (QED) is 0.752. The summed E-state index contributed by atoms with van der Waals surface area (Å²) in [6.45, 7) is 0.474. The third-order valence-corrected chi connectivity index (χ3v) is 2.50.